The summed E-state index contributed by atoms with van der Waals surface area (Å²) in [5.74, 6) is -2.41. The highest BCUT2D eigenvalue weighted by molar-refractivity contribution is 6.05. The first-order chi connectivity index (χ1) is 9.65. The Morgan fingerprint density at radius 3 is 2.43 bits per heavy atom. The van der Waals surface area contributed by atoms with E-state index in [1.807, 2.05) is 0 Å². The van der Waals surface area contributed by atoms with Crippen molar-refractivity contribution in [1.29, 1.82) is 0 Å². The first kappa shape index (κ1) is 16.6. The van der Waals surface area contributed by atoms with Crippen molar-refractivity contribution < 1.29 is 28.7 Å². The van der Waals surface area contributed by atoms with Crippen molar-refractivity contribution in [3.63, 3.8) is 0 Å². The van der Waals surface area contributed by atoms with Gasteiger partial charge in [0, 0.05) is 18.2 Å². The molecule has 0 aliphatic carbocycles. The minimum atomic E-state index is -0.764. The fraction of sp³-hybridized carbons (Fsp3) is 0.429. The van der Waals surface area contributed by atoms with Crippen LogP contribution < -0.4 is 5.32 Å². The Hall–Kier alpha value is -2.44. The van der Waals surface area contributed by atoms with E-state index in [0.29, 0.717) is 5.57 Å². The van der Waals surface area contributed by atoms with E-state index in [4.69, 9.17) is 9.47 Å². The highest BCUT2D eigenvalue weighted by Crippen LogP contribution is 2.08. The number of hydrogen-bond donors (Lipinski definition) is 1. The molecule has 0 atom stereocenters. The van der Waals surface area contributed by atoms with Crippen molar-refractivity contribution >= 4 is 23.8 Å². The van der Waals surface area contributed by atoms with Gasteiger partial charge in [-0.15, -0.1) is 0 Å². The van der Waals surface area contributed by atoms with Crippen LogP contribution in [-0.4, -0.2) is 36.0 Å². The van der Waals surface area contributed by atoms with E-state index in [0.717, 1.165) is 12.2 Å². The maximum Gasteiger partial charge on any atom is 0.331 e. The molecule has 0 aromatic heterocycles. The molecule has 7 heteroatoms. The standard InChI is InChI=1S/C14H17NO6/c1-14(2,3)21-13(19)5-4-12(18)20-8-9-6-10(16)15-11(17)7-9/h4-6H,7-8H2,1-3H3,(H,15,16,17)/b5-4+. The van der Waals surface area contributed by atoms with Gasteiger partial charge in [0.2, 0.25) is 5.91 Å². The predicted octanol–water partition coefficient (Wildman–Crippen LogP) is 0.400. The van der Waals surface area contributed by atoms with Gasteiger partial charge in [-0.2, -0.15) is 0 Å². The summed E-state index contributed by atoms with van der Waals surface area (Å²) in [4.78, 5) is 44.9. The number of hydrogen-bond acceptors (Lipinski definition) is 6. The summed E-state index contributed by atoms with van der Waals surface area (Å²) in [6.07, 6.45) is 3.08. The summed E-state index contributed by atoms with van der Waals surface area (Å²) < 4.78 is 9.79. The molecular formula is C14H17NO6. The van der Waals surface area contributed by atoms with Crippen LogP contribution in [0.3, 0.4) is 0 Å². The van der Waals surface area contributed by atoms with Crippen LogP contribution in [0.1, 0.15) is 27.2 Å². The molecule has 0 unspecified atom stereocenters. The Balaban J connectivity index is 2.42. The van der Waals surface area contributed by atoms with Gasteiger partial charge in [-0.3, -0.25) is 14.9 Å². The smallest absolute Gasteiger partial charge is 0.331 e. The Bertz CT molecular complexity index is 524. The SMILES string of the molecule is CC(C)(C)OC(=O)/C=C/C(=O)OCC1=CC(=O)NC(=O)C1. The second-order valence-electron chi connectivity index (χ2n) is 5.37. The Labute approximate surface area is 122 Å². The molecule has 7 nitrogen and oxygen atoms in total. The van der Waals surface area contributed by atoms with Crippen LogP contribution in [0.5, 0.6) is 0 Å². The van der Waals surface area contributed by atoms with Gasteiger partial charge in [-0.1, -0.05) is 0 Å². The molecule has 0 saturated heterocycles. The molecule has 1 N–H and O–H groups in total. The van der Waals surface area contributed by atoms with Crippen LogP contribution in [0.25, 0.3) is 0 Å². The molecule has 0 radical (unpaired) electrons. The predicted molar refractivity (Wildman–Crippen MR) is 71.8 cm³/mol. The number of nitrogens with one attached hydrogen (secondary N) is 1. The third kappa shape index (κ3) is 7.05. The number of rotatable bonds is 4. The van der Waals surface area contributed by atoms with Crippen LogP contribution in [0.2, 0.25) is 0 Å². The van der Waals surface area contributed by atoms with E-state index in [-0.39, 0.29) is 13.0 Å². The Morgan fingerprint density at radius 1 is 1.24 bits per heavy atom. The van der Waals surface area contributed by atoms with Crippen molar-refractivity contribution in [2.24, 2.45) is 0 Å². The maximum atomic E-state index is 11.4. The van der Waals surface area contributed by atoms with Crippen molar-refractivity contribution in [3.05, 3.63) is 23.8 Å². The summed E-state index contributed by atoms with van der Waals surface area (Å²) in [6, 6.07) is 0. The lowest BCUT2D eigenvalue weighted by molar-refractivity contribution is -0.149. The second-order valence-corrected chi connectivity index (χ2v) is 5.37. The number of amides is 2. The third-order valence-electron chi connectivity index (χ3n) is 2.15. The van der Waals surface area contributed by atoms with Gasteiger partial charge in [0.1, 0.15) is 12.2 Å². The molecule has 0 bridgehead atoms. The van der Waals surface area contributed by atoms with Crippen LogP contribution >= 0.6 is 0 Å². The molecule has 1 heterocycles. The average Bonchev–Trinajstić information content (AvgIpc) is 2.30. The Morgan fingerprint density at radius 2 is 1.86 bits per heavy atom. The monoisotopic (exact) mass is 295 g/mol. The topological polar surface area (TPSA) is 98.8 Å². The highest BCUT2D eigenvalue weighted by Gasteiger charge is 2.17. The van der Waals surface area contributed by atoms with Crippen molar-refractivity contribution in [2.45, 2.75) is 32.8 Å². The molecule has 1 aliphatic rings. The maximum absolute atomic E-state index is 11.4. The quantitative estimate of drug-likeness (QED) is 0.458. The van der Waals surface area contributed by atoms with Crippen LogP contribution in [0.15, 0.2) is 23.8 Å². The minimum absolute atomic E-state index is 0.00516. The van der Waals surface area contributed by atoms with E-state index < -0.39 is 29.4 Å². The fourth-order valence-corrected chi connectivity index (χ4v) is 1.44. The molecule has 0 aromatic rings. The van der Waals surface area contributed by atoms with E-state index in [2.05, 4.69) is 5.32 Å². The zero-order valence-electron chi connectivity index (χ0n) is 12.1. The van der Waals surface area contributed by atoms with Gasteiger partial charge < -0.3 is 9.47 Å². The summed E-state index contributed by atoms with van der Waals surface area (Å²) in [7, 11) is 0. The number of carbonyl (C=O) groups excluding carboxylic acids is 4. The molecule has 2 amide bonds. The van der Waals surface area contributed by atoms with Crippen molar-refractivity contribution in [1.82, 2.24) is 5.32 Å². The Kier molecular flexibility index (Phi) is 5.40. The molecule has 1 rings (SSSR count). The molecular weight excluding hydrogens is 278 g/mol. The summed E-state index contributed by atoms with van der Waals surface area (Å²) in [5, 5.41) is 2.09. The van der Waals surface area contributed by atoms with E-state index in [1.54, 1.807) is 20.8 Å². The lowest BCUT2D eigenvalue weighted by atomic mass is 10.1. The number of imide groups is 1. The molecule has 114 valence electrons. The van der Waals surface area contributed by atoms with Gasteiger partial charge in [-0.25, -0.2) is 9.59 Å². The lowest BCUT2D eigenvalue weighted by Gasteiger charge is -2.17. The highest BCUT2D eigenvalue weighted by atomic mass is 16.6. The van der Waals surface area contributed by atoms with Gasteiger partial charge in [-0.05, 0) is 26.3 Å². The second kappa shape index (κ2) is 6.83. The largest absolute Gasteiger partial charge is 0.458 e. The van der Waals surface area contributed by atoms with Gasteiger partial charge >= 0.3 is 11.9 Å². The van der Waals surface area contributed by atoms with Crippen molar-refractivity contribution in [2.75, 3.05) is 6.61 Å². The third-order valence-corrected chi connectivity index (χ3v) is 2.15. The first-order valence-corrected chi connectivity index (χ1v) is 6.27. The lowest BCUT2D eigenvalue weighted by Crippen LogP contribution is -2.33. The molecule has 21 heavy (non-hydrogen) atoms. The first-order valence-electron chi connectivity index (χ1n) is 6.27. The van der Waals surface area contributed by atoms with Gasteiger partial charge in [0.05, 0.1) is 6.42 Å². The van der Waals surface area contributed by atoms with E-state index in [1.165, 1.54) is 6.08 Å². The molecule has 1 aliphatic heterocycles. The molecule has 0 spiro atoms. The van der Waals surface area contributed by atoms with E-state index >= 15 is 0 Å². The zero-order chi connectivity index (χ0) is 16.0. The number of esters is 2. The van der Waals surface area contributed by atoms with Crippen LogP contribution in [0, 0.1) is 0 Å². The normalized spacial score (nSPS) is 15.5. The van der Waals surface area contributed by atoms with E-state index in [9.17, 15) is 19.2 Å². The fourth-order valence-electron chi connectivity index (χ4n) is 1.44. The molecule has 0 saturated carbocycles. The number of carbonyl (C=O) groups is 4. The van der Waals surface area contributed by atoms with Crippen LogP contribution in [-0.2, 0) is 28.7 Å². The van der Waals surface area contributed by atoms with Gasteiger partial charge in [0.25, 0.3) is 5.91 Å². The average molecular weight is 295 g/mol. The van der Waals surface area contributed by atoms with Gasteiger partial charge in [0.15, 0.2) is 0 Å². The van der Waals surface area contributed by atoms with Crippen LogP contribution in [0.4, 0.5) is 0 Å². The molecule has 0 fully saturated rings. The molecule has 0 aromatic carbocycles. The summed E-state index contributed by atoms with van der Waals surface area (Å²) >= 11 is 0. The zero-order valence-corrected chi connectivity index (χ0v) is 12.1. The number of ether oxygens (including phenoxy) is 2. The van der Waals surface area contributed by atoms with Crippen molar-refractivity contribution in [3.8, 4) is 0 Å². The summed E-state index contributed by atoms with van der Waals surface area (Å²) in [5.41, 5.74) is -0.255. The summed E-state index contributed by atoms with van der Waals surface area (Å²) in [6.45, 7) is 4.93. The minimum Gasteiger partial charge on any atom is -0.458 e.